The molecule has 1 heterocycles. The van der Waals surface area contributed by atoms with Gasteiger partial charge in [0.1, 0.15) is 17.7 Å². The molecule has 0 fully saturated rings. The molecule has 4 heteroatoms. The summed E-state index contributed by atoms with van der Waals surface area (Å²) in [6.07, 6.45) is 0. The number of para-hydroxylation sites is 1. The van der Waals surface area contributed by atoms with Crippen LogP contribution < -0.4 is 4.90 Å². The minimum atomic E-state index is -0.301. The minimum absolute atomic E-state index is 0.145. The molecule has 3 rings (SSSR count). The van der Waals surface area contributed by atoms with Crippen LogP contribution in [0.3, 0.4) is 0 Å². The standard InChI is InChI=1S/C19H13N3O/c1-13-6-8-14(9-7-13)12-22-17-5-3-2-4-16(17)18(19(22)23)15(10-20)11-21/h2-9H,12H2,1H3. The summed E-state index contributed by atoms with van der Waals surface area (Å²) in [5, 5.41) is 18.3. The molecule has 0 aromatic heterocycles. The number of allylic oxidation sites excluding steroid dienone is 1. The van der Waals surface area contributed by atoms with Crippen molar-refractivity contribution in [2.75, 3.05) is 4.90 Å². The molecule has 2 aromatic rings. The van der Waals surface area contributed by atoms with E-state index in [1.54, 1.807) is 17.0 Å². The summed E-state index contributed by atoms with van der Waals surface area (Å²) < 4.78 is 0. The number of rotatable bonds is 2. The predicted octanol–water partition coefficient (Wildman–Crippen LogP) is 3.34. The molecule has 1 aliphatic rings. The lowest BCUT2D eigenvalue weighted by Gasteiger charge is -2.17. The van der Waals surface area contributed by atoms with E-state index in [0.29, 0.717) is 12.1 Å². The zero-order valence-corrected chi connectivity index (χ0v) is 12.6. The number of hydrogen-bond acceptors (Lipinski definition) is 3. The van der Waals surface area contributed by atoms with Crippen LogP contribution in [0.4, 0.5) is 5.69 Å². The monoisotopic (exact) mass is 299 g/mol. The highest BCUT2D eigenvalue weighted by molar-refractivity contribution is 6.34. The van der Waals surface area contributed by atoms with Gasteiger partial charge in [-0.15, -0.1) is 0 Å². The third kappa shape index (κ3) is 2.47. The first kappa shape index (κ1) is 14.6. The van der Waals surface area contributed by atoms with Crippen molar-refractivity contribution in [1.29, 1.82) is 10.5 Å². The fraction of sp³-hybridized carbons (Fsp3) is 0.105. The largest absolute Gasteiger partial charge is 0.303 e. The highest BCUT2D eigenvalue weighted by atomic mass is 16.2. The lowest BCUT2D eigenvalue weighted by atomic mass is 10.0. The van der Waals surface area contributed by atoms with Crippen LogP contribution in [0.25, 0.3) is 5.57 Å². The second-order valence-electron chi connectivity index (χ2n) is 5.37. The summed E-state index contributed by atoms with van der Waals surface area (Å²) in [6.45, 7) is 2.41. The van der Waals surface area contributed by atoms with Crippen LogP contribution >= 0.6 is 0 Å². The Morgan fingerprint density at radius 1 is 1.04 bits per heavy atom. The highest BCUT2D eigenvalue weighted by Gasteiger charge is 2.34. The Balaban J connectivity index is 2.08. The van der Waals surface area contributed by atoms with Crippen molar-refractivity contribution in [2.45, 2.75) is 13.5 Å². The quantitative estimate of drug-likeness (QED) is 0.631. The summed E-state index contributed by atoms with van der Waals surface area (Å²) in [5.41, 5.74) is 3.57. The van der Waals surface area contributed by atoms with E-state index in [0.717, 1.165) is 16.8 Å². The molecule has 0 N–H and O–H groups in total. The van der Waals surface area contributed by atoms with Gasteiger partial charge in [-0.05, 0) is 18.6 Å². The first-order valence-corrected chi connectivity index (χ1v) is 7.17. The summed E-state index contributed by atoms with van der Waals surface area (Å²) in [4.78, 5) is 14.4. The van der Waals surface area contributed by atoms with Gasteiger partial charge in [0.25, 0.3) is 5.91 Å². The van der Waals surface area contributed by atoms with Gasteiger partial charge in [-0.3, -0.25) is 4.79 Å². The van der Waals surface area contributed by atoms with Gasteiger partial charge in [0.15, 0.2) is 0 Å². The Labute approximate surface area is 134 Å². The molecule has 1 aliphatic heterocycles. The first-order chi connectivity index (χ1) is 11.2. The Morgan fingerprint density at radius 3 is 2.35 bits per heavy atom. The fourth-order valence-corrected chi connectivity index (χ4v) is 2.69. The molecule has 110 valence electrons. The highest BCUT2D eigenvalue weighted by Crippen LogP contribution is 2.38. The van der Waals surface area contributed by atoms with Crippen molar-refractivity contribution in [1.82, 2.24) is 0 Å². The number of anilines is 1. The van der Waals surface area contributed by atoms with E-state index in [-0.39, 0.29) is 17.1 Å². The average molecular weight is 299 g/mol. The third-order valence-corrected chi connectivity index (χ3v) is 3.86. The van der Waals surface area contributed by atoms with Gasteiger partial charge < -0.3 is 4.90 Å². The van der Waals surface area contributed by atoms with Crippen LogP contribution in [0, 0.1) is 29.6 Å². The van der Waals surface area contributed by atoms with Crippen molar-refractivity contribution in [2.24, 2.45) is 0 Å². The van der Waals surface area contributed by atoms with Crippen LogP contribution in [-0.4, -0.2) is 5.91 Å². The molecule has 0 radical (unpaired) electrons. The van der Waals surface area contributed by atoms with E-state index in [2.05, 4.69) is 0 Å². The molecule has 1 amide bonds. The summed E-state index contributed by atoms with van der Waals surface area (Å²) >= 11 is 0. The van der Waals surface area contributed by atoms with E-state index in [1.807, 2.05) is 55.5 Å². The molecule has 23 heavy (non-hydrogen) atoms. The van der Waals surface area contributed by atoms with Crippen molar-refractivity contribution < 1.29 is 4.79 Å². The van der Waals surface area contributed by atoms with Gasteiger partial charge in [-0.25, -0.2) is 0 Å². The third-order valence-electron chi connectivity index (χ3n) is 3.86. The van der Waals surface area contributed by atoms with E-state index >= 15 is 0 Å². The van der Waals surface area contributed by atoms with Crippen molar-refractivity contribution in [3.05, 3.63) is 70.8 Å². The second-order valence-corrected chi connectivity index (χ2v) is 5.37. The van der Waals surface area contributed by atoms with E-state index in [9.17, 15) is 4.79 Å². The Morgan fingerprint density at radius 2 is 1.70 bits per heavy atom. The Hall–Kier alpha value is -3.37. The van der Waals surface area contributed by atoms with E-state index in [1.165, 1.54) is 0 Å². The Bertz CT molecular complexity index is 879. The SMILES string of the molecule is Cc1ccc(CN2C(=O)C(=C(C#N)C#N)c3ccccc32)cc1. The fourth-order valence-electron chi connectivity index (χ4n) is 2.69. The summed E-state index contributed by atoms with van der Waals surface area (Å²) in [5.74, 6) is -0.301. The maximum atomic E-state index is 12.8. The van der Waals surface area contributed by atoms with Crippen molar-refractivity contribution in [3.8, 4) is 12.1 Å². The molecule has 0 bridgehead atoms. The van der Waals surface area contributed by atoms with Crippen LogP contribution in [0.2, 0.25) is 0 Å². The van der Waals surface area contributed by atoms with Gasteiger partial charge in [-0.1, -0.05) is 48.0 Å². The maximum Gasteiger partial charge on any atom is 0.261 e. The van der Waals surface area contributed by atoms with Gasteiger partial charge in [-0.2, -0.15) is 10.5 Å². The van der Waals surface area contributed by atoms with E-state index in [4.69, 9.17) is 10.5 Å². The molecular formula is C19H13N3O. The normalized spacial score (nSPS) is 12.6. The van der Waals surface area contributed by atoms with Crippen LogP contribution in [0.1, 0.15) is 16.7 Å². The molecule has 0 spiro atoms. The number of fused-ring (bicyclic) bond motifs is 1. The first-order valence-electron chi connectivity index (χ1n) is 7.17. The number of hydrogen-bond donors (Lipinski definition) is 0. The Kier molecular flexibility index (Phi) is 3.66. The molecule has 2 aromatic carbocycles. The summed E-state index contributed by atoms with van der Waals surface area (Å²) in [7, 11) is 0. The number of carbonyl (C=O) groups is 1. The van der Waals surface area contributed by atoms with Gasteiger partial charge in [0.2, 0.25) is 0 Å². The molecular weight excluding hydrogens is 286 g/mol. The van der Waals surface area contributed by atoms with Crippen LogP contribution in [-0.2, 0) is 11.3 Å². The minimum Gasteiger partial charge on any atom is -0.303 e. The molecule has 0 unspecified atom stereocenters. The molecule has 0 saturated carbocycles. The molecule has 4 nitrogen and oxygen atoms in total. The van der Waals surface area contributed by atoms with Gasteiger partial charge in [0, 0.05) is 5.56 Å². The smallest absolute Gasteiger partial charge is 0.261 e. The zero-order chi connectivity index (χ0) is 16.4. The molecule has 0 atom stereocenters. The van der Waals surface area contributed by atoms with Gasteiger partial charge >= 0.3 is 0 Å². The lowest BCUT2D eigenvalue weighted by molar-refractivity contribution is -0.113. The maximum absolute atomic E-state index is 12.8. The number of carbonyl (C=O) groups excluding carboxylic acids is 1. The second kappa shape index (κ2) is 5.79. The number of aryl methyl sites for hydroxylation is 1. The van der Waals surface area contributed by atoms with Gasteiger partial charge in [0.05, 0.1) is 17.8 Å². The van der Waals surface area contributed by atoms with Crippen LogP contribution in [0.5, 0.6) is 0 Å². The lowest BCUT2D eigenvalue weighted by Crippen LogP contribution is -2.26. The molecule has 0 saturated heterocycles. The van der Waals surface area contributed by atoms with Crippen molar-refractivity contribution in [3.63, 3.8) is 0 Å². The number of nitriles is 2. The van der Waals surface area contributed by atoms with Crippen LogP contribution in [0.15, 0.2) is 54.1 Å². The summed E-state index contributed by atoms with van der Waals surface area (Å²) in [6, 6.07) is 18.8. The van der Waals surface area contributed by atoms with E-state index < -0.39 is 0 Å². The number of amides is 1. The number of nitrogens with zero attached hydrogens (tertiary/aromatic N) is 3. The average Bonchev–Trinajstić information content (AvgIpc) is 2.84. The topological polar surface area (TPSA) is 67.9 Å². The molecule has 0 aliphatic carbocycles. The zero-order valence-electron chi connectivity index (χ0n) is 12.6. The number of benzene rings is 2. The van der Waals surface area contributed by atoms with Crippen molar-refractivity contribution >= 4 is 17.2 Å². The predicted molar refractivity (Wildman–Crippen MR) is 87.0 cm³/mol.